The van der Waals surface area contributed by atoms with Crippen molar-refractivity contribution in [2.24, 2.45) is 0 Å². The lowest BCUT2D eigenvalue weighted by molar-refractivity contribution is 0.101. The third-order valence-corrected chi connectivity index (χ3v) is 3.25. The van der Waals surface area contributed by atoms with Crippen LogP contribution in [0.5, 0.6) is 0 Å². The van der Waals surface area contributed by atoms with E-state index < -0.39 is 0 Å². The summed E-state index contributed by atoms with van der Waals surface area (Å²) in [4.78, 5) is 20.5. The van der Waals surface area contributed by atoms with Crippen molar-refractivity contribution in [1.82, 2.24) is 30.4 Å². The molecule has 9 heteroatoms. The Balaban J connectivity index is 1.65. The monoisotopic (exact) mass is 287 g/mol. The van der Waals surface area contributed by atoms with E-state index in [-0.39, 0.29) is 11.7 Å². The molecular weight excluding hydrogens is 278 g/mol. The number of H-pyrrole nitrogens is 2. The molecule has 100 valence electrons. The first-order valence-corrected chi connectivity index (χ1v) is 6.43. The Morgan fingerprint density at radius 1 is 1.05 bits per heavy atom. The molecule has 0 bridgehead atoms. The molecule has 3 aromatic rings. The number of anilines is 1. The van der Waals surface area contributed by atoms with Crippen LogP contribution in [-0.2, 0) is 0 Å². The molecular formula is C11H9N7OS. The summed E-state index contributed by atoms with van der Waals surface area (Å²) in [6.07, 6.45) is 2.74. The summed E-state index contributed by atoms with van der Waals surface area (Å²) < 4.78 is 0. The zero-order valence-electron chi connectivity index (χ0n) is 10.1. The third kappa shape index (κ3) is 2.83. The van der Waals surface area contributed by atoms with Crippen molar-refractivity contribution < 1.29 is 4.79 Å². The highest BCUT2D eigenvalue weighted by atomic mass is 32.2. The Bertz CT molecular complexity index is 678. The number of hydrogen-bond donors (Lipinski definition) is 3. The summed E-state index contributed by atoms with van der Waals surface area (Å²) in [5.41, 5.74) is 0.674. The number of amides is 1. The molecule has 2 aromatic heterocycles. The first-order chi connectivity index (χ1) is 9.81. The van der Waals surface area contributed by atoms with Crippen LogP contribution in [0.3, 0.4) is 0 Å². The lowest BCUT2D eigenvalue weighted by Gasteiger charge is -2.03. The molecule has 0 radical (unpaired) electrons. The van der Waals surface area contributed by atoms with Crippen molar-refractivity contribution in [2.45, 2.75) is 10.1 Å². The minimum Gasteiger partial charge on any atom is -0.319 e. The molecule has 0 aliphatic carbocycles. The molecule has 1 aromatic carbocycles. The smallest absolute Gasteiger partial charge is 0.292 e. The van der Waals surface area contributed by atoms with Gasteiger partial charge in [0.05, 0.1) is 0 Å². The number of carbonyl (C=O) groups excluding carboxylic acids is 1. The number of benzene rings is 1. The number of aromatic amines is 2. The van der Waals surface area contributed by atoms with Gasteiger partial charge in [0.2, 0.25) is 5.82 Å². The van der Waals surface area contributed by atoms with Crippen molar-refractivity contribution in [3.8, 4) is 0 Å². The van der Waals surface area contributed by atoms with Crippen molar-refractivity contribution in [3.05, 3.63) is 42.7 Å². The highest BCUT2D eigenvalue weighted by Gasteiger charge is 2.08. The standard InChI is InChI=1S/C11H9N7OS/c19-10(9-12-5-14-17-9)16-7-1-3-8(4-2-7)20-11-13-6-15-18-11/h1-6H,(H,16,19)(H,12,14,17)(H,13,15,18). The minimum absolute atomic E-state index is 0.171. The molecule has 8 nitrogen and oxygen atoms in total. The summed E-state index contributed by atoms with van der Waals surface area (Å²) >= 11 is 1.45. The number of rotatable bonds is 4. The summed E-state index contributed by atoms with van der Waals surface area (Å²) in [6.45, 7) is 0. The Morgan fingerprint density at radius 2 is 1.80 bits per heavy atom. The maximum atomic E-state index is 11.7. The predicted molar refractivity (Wildman–Crippen MR) is 71.3 cm³/mol. The summed E-state index contributed by atoms with van der Waals surface area (Å²) in [6, 6.07) is 7.35. The molecule has 0 spiro atoms. The van der Waals surface area contributed by atoms with Gasteiger partial charge in [-0.1, -0.05) is 11.8 Å². The van der Waals surface area contributed by atoms with Crippen LogP contribution < -0.4 is 5.32 Å². The van der Waals surface area contributed by atoms with E-state index in [1.54, 1.807) is 12.1 Å². The molecule has 0 saturated heterocycles. The molecule has 20 heavy (non-hydrogen) atoms. The number of hydrogen-bond acceptors (Lipinski definition) is 6. The second-order valence-corrected chi connectivity index (χ2v) is 4.77. The molecule has 0 fully saturated rings. The van der Waals surface area contributed by atoms with Gasteiger partial charge in [0.15, 0.2) is 5.16 Å². The van der Waals surface area contributed by atoms with E-state index in [4.69, 9.17) is 0 Å². The average molecular weight is 287 g/mol. The maximum absolute atomic E-state index is 11.7. The molecule has 3 rings (SSSR count). The Morgan fingerprint density at radius 3 is 2.45 bits per heavy atom. The lowest BCUT2D eigenvalue weighted by Crippen LogP contribution is -2.13. The van der Waals surface area contributed by atoms with Gasteiger partial charge < -0.3 is 5.32 Å². The van der Waals surface area contributed by atoms with E-state index in [0.717, 1.165) is 4.90 Å². The number of aromatic nitrogens is 6. The van der Waals surface area contributed by atoms with E-state index in [0.29, 0.717) is 10.8 Å². The van der Waals surface area contributed by atoms with Crippen LogP contribution in [0.4, 0.5) is 5.69 Å². The quantitative estimate of drug-likeness (QED) is 0.667. The lowest BCUT2D eigenvalue weighted by atomic mass is 10.3. The molecule has 3 N–H and O–H groups in total. The van der Waals surface area contributed by atoms with E-state index in [1.807, 2.05) is 12.1 Å². The topological polar surface area (TPSA) is 112 Å². The SMILES string of the molecule is O=C(Nc1ccc(Sc2ncn[nH]2)cc1)c1ncn[nH]1. The summed E-state index contributed by atoms with van der Waals surface area (Å²) in [7, 11) is 0. The Labute approximate surface area is 117 Å². The summed E-state index contributed by atoms with van der Waals surface area (Å²) in [5, 5.41) is 16.1. The molecule has 0 saturated carbocycles. The van der Waals surface area contributed by atoms with Crippen LogP contribution in [0.1, 0.15) is 10.6 Å². The zero-order valence-corrected chi connectivity index (χ0v) is 10.9. The van der Waals surface area contributed by atoms with Gasteiger partial charge >= 0.3 is 0 Å². The first-order valence-electron chi connectivity index (χ1n) is 5.61. The summed E-state index contributed by atoms with van der Waals surface area (Å²) in [5.74, 6) is -0.164. The van der Waals surface area contributed by atoms with Crippen molar-refractivity contribution in [2.75, 3.05) is 5.32 Å². The van der Waals surface area contributed by atoms with Gasteiger partial charge in [-0.05, 0) is 24.3 Å². The molecule has 2 heterocycles. The van der Waals surface area contributed by atoms with E-state index in [1.165, 1.54) is 24.4 Å². The van der Waals surface area contributed by atoms with Crippen LogP contribution in [0.25, 0.3) is 0 Å². The Hall–Kier alpha value is -2.68. The van der Waals surface area contributed by atoms with E-state index in [9.17, 15) is 4.79 Å². The second-order valence-electron chi connectivity index (χ2n) is 3.71. The molecule has 0 unspecified atom stereocenters. The average Bonchev–Trinajstić information content (AvgIpc) is 3.13. The molecule has 0 atom stereocenters. The van der Waals surface area contributed by atoms with Gasteiger partial charge in [-0.3, -0.25) is 15.0 Å². The van der Waals surface area contributed by atoms with Gasteiger partial charge in [0.1, 0.15) is 12.7 Å². The minimum atomic E-state index is -0.335. The second kappa shape index (κ2) is 5.53. The van der Waals surface area contributed by atoms with E-state index in [2.05, 4.69) is 35.7 Å². The fourth-order valence-electron chi connectivity index (χ4n) is 1.47. The van der Waals surface area contributed by atoms with Crippen LogP contribution in [0, 0.1) is 0 Å². The molecule has 1 amide bonds. The van der Waals surface area contributed by atoms with Gasteiger partial charge in [-0.25, -0.2) is 9.97 Å². The molecule has 0 aliphatic rings. The highest BCUT2D eigenvalue weighted by molar-refractivity contribution is 7.99. The van der Waals surface area contributed by atoms with Crippen LogP contribution in [0.2, 0.25) is 0 Å². The third-order valence-electron chi connectivity index (χ3n) is 2.35. The van der Waals surface area contributed by atoms with E-state index >= 15 is 0 Å². The zero-order chi connectivity index (χ0) is 13.8. The largest absolute Gasteiger partial charge is 0.319 e. The normalized spacial score (nSPS) is 10.4. The maximum Gasteiger partial charge on any atom is 0.292 e. The van der Waals surface area contributed by atoms with Crippen LogP contribution in [0.15, 0.2) is 47.0 Å². The Kier molecular flexibility index (Phi) is 3.42. The fraction of sp³-hybridized carbons (Fsp3) is 0. The first kappa shape index (κ1) is 12.4. The fourth-order valence-corrected chi connectivity index (χ4v) is 2.16. The van der Waals surface area contributed by atoms with Gasteiger partial charge in [0, 0.05) is 10.6 Å². The van der Waals surface area contributed by atoms with Crippen molar-refractivity contribution >= 4 is 23.4 Å². The van der Waals surface area contributed by atoms with Gasteiger partial charge in [-0.2, -0.15) is 10.2 Å². The number of nitrogens with zero attached hydrogens (tertiary/aromatic N) is 4. The highest BCUT2D eigenvalue weighted by Crippen LogP contribution is 2.25. The van der Waals surface area contributed by atoms with Gasteiger partial charge in [0.25, 0.3) is 5.91 Å². The van der Waals surface area contributed by atoms with Crippen molar-refractivity contribution in [3.63, 3.8) is 0 Å². The van der Waals surface area contributed by atoms with Crippen molar-refractivity contribution in [1.29, 1.82) is 0 Å². The van der Waals surface area contributed by atoms with Crippen LogP contribution >= 0.6 is 11.8 Å². The van der Waals surface area contributed by atoms with Gasteiger partial charge in [-0.15, -0.1) is 0 Å². The molecule has 0 aliphatic heterocycles. The number of nitrogens with one attached hydrogen (secondary N) is 3. The predicted octanol–water partition coefficient (Wildman–Crippen LogP) is 1.33. The van der Waals surface area contributed by atoms with Crippen LogP contribution in [-0.4, -0.2) is 36.3 Å². The number of carbonyl (C=O) groups is 1.